The van der Waals surface area contributed by atoms with Crippen molar-refractivity contribution in [2.45, 2.75) is 13.8 Å². The van der Waals surface area contributed by atoms with Crippen LogP contribution in [0, 0.1) is 6.92 Å². The second kappa shape index (κ2) is 7.55. The molecular formula is C17H21Cl2N5. The Kier molecular flexibility index (Phi) is 5.43. The molecule has 0 aliphatic carbocycles. The fourth-order valence-electron chi connectivity index (χ4n) is 2.74. The third kappa shape index (κ3) is 4.09. The number of piperazine rings is 1. The van der Waals surface area contributed by atoms with Gasteiger partial charge in [-0.25, -0.2) is 4.98 Å². The van der Waals surface area contributed by atoms with Gasteiger partial charge in [-0.15, -0.1) is 0 Å². The molecule has 1 aliphatic heterocycles. The van der Waals surface area contributed by atoms with Gasteiger partial charge in [-0.05, 0) is 31.7 Å². The van der Waals surface area contributed by atoms with E-state index >= 15 is 0 Å². The van der Waals surface area contributed by atoms with Crippen molar-refractivity contribution in [1.29, 1.82) is 0 Å². The summed E-state index contributed by atoms with van der Waals surface area (Å²) in [5.74, 6) is 1.53. The van der Waals surface area contributed by atoms with Crippen molar-refractivity contribution in [3.8, 4) is 0 Å². The SMILES string of the molecule is CCN1CCN(c2nc(C)cc(Nc3ccc(Cl)c(Cl)c3)n2)CC1. The summed E-state index contributed by atoms with van der Waals surface area (Å²) in [6.45, 7) is 9.25. The maximum Gasteiger partial charge on any atom is 0.227 e. The van der Waals surface area contributed by atoms with Crippen LogP contribution in [-0.2, 0) is 0 Å². The van der Waals surface area contributed by atoms with E-state index in [1.165, 1.54) is 0 Å². The predicted octanol–water partition coefficient (Wildman–Crippen LogP) is 3.98. The van der Waals surface area contributed by atoms with Gasteiger partial charge in [-0.2, -0.15) is 4.98 Å². The summed E-state index contributed by atoms with van der Waals surface area (Å²) < 4.78 is 0. The van der Waals surface area contributed by atoms with Gasteiger partial charge in [0.05, 0.1) is 10.0 Å². The Morgan fingerprint density at radius 1 is 1.04 bits per heavy atom. The average Bonchev–Trinajstić information content (AvgIpc) is 2.58. The number of nitrogens with one attached hydrogen (secondary N) is 1. The van der Waals surface area contributed by atoms with Crippen LogP contribution >= 0.6 is 23.2 Å². The number of aryl methyl sites for hydroxylation is 1. The van der Waals surface area contributed by atoms with Crippen LogP contribution in [0.4, 0.5) is 17.5 Å². The Balaban J connectivity index is 1.77. The highest BCUT2D eigenvalue weighted by molar-refractivity contribution is 6.42. The van der Waals surface area contributed by atoms with Crippen LogP contribution < -0.4 is 10.2 Å². The van der Waals surface area contributed by atoms with Gasteiger partial charge in [0.25, 0.3) is 0 Å². The van der Waals surface area contributed by atoms with Gasteiger partial charge in [-0.1, -0.05) is 30.1 Å². The molecule has 1 aromatic heterocycles. The van der Waals surface area contributed by atoms with Crippen LogP contribution in [0.3, 0.4) is 0 Å². The molecule has 0 atom stereocenters. The second-order valence-corrected chi connectivity index (χ2v) is 6.68. The Bertz CT molecular complexity index is 714. The number of likely N-dealkylation sites (N-methyl/N-ethyl adjacent to an activating group) is 1. The molecule has 0 radical (unpaired) electrons. The fraction of sp³-hybridized carbons (Fsp3) is 0.412. The zero-order valence-corrected chi connectivity index (χ0v) is 15.4. The first-order valence-corrected chi connectivity index (χ1v) is 8.86. The van der Waals surface area contributed by atoms with E-state index in [9.17, 15) is 0 Å². The van der Waals surface area contributed by atoms with Crippen LogP contribution in [0.15, 0.2) is 24.3 Å². The number of halogens is 2. The van der Waals surface area contributed by atoms with Crippen molar-refractivity contribution >= 4 is 40.7 Å². The average molecular weight is 366 g/mol. The maximum atomic E-state index is 6.07. The summed E-state index contributed by atoms with van der Waals surface area (Å²) in [5.41, 5.74) is 1.78. The van der Waals surface area contributed by atoms with Crippen LogP contribution in [0.2, 0.25) is 10.0 Å². The molecule has 2 heterocycles. The molecule has 0 bridgehead atoms. The second-order valence-electron chi connectivity index (χ2n) is 5.87. The van der Waals surface area contributed by atoms with Gasteiger partial charge in [0.1, 0.15) is 5.82 Å². The van der Waals surface area contributed by atoms with Gasteiger partial charge in [0.15, 0.2) is 0 Å². The molecule has 1 saturated heterocycles. The van der Waals surface area contributed by atoms with Crippen LogP contribution in [0.1, 0.15) is 12.6 Å². The summed E-state index contributed by atoms with van der Waals surface area (Å²) in [6, 6.07) is 7.37. The maximum absolute atomic E-state index is 6.07. The van der Waals surface area contributed by atoms with Crippen molar-refractivity contribution in [3.05, 3.63) is 40.0 Å². The summed E-state index contributed by atoms with van der Waals surface area (Å²) in [5, 5.41) is 4.34. The zero-order valence-electron chi connectivity index (χ0n) is 13.9. The molecule has 3 rings (SSSR count). The first kappa shape index (κ1) is 17.3. The van der Waals surface area contributed by atoms with E-state index in [4.69, 9.17) is 23.2 Å². The van der Waals surface area contributed by atoms with Gasteiger partial charge in [0.2, 0.25) is 5.95 Å². The number of aromatic nitrogens is 2. The highest BCUT2D eigenvalue weighted by atomic mass is 35.5. The summed E-state index contributed by atoms with van der Waals surface area (Å²) in [4.78, 5) is 13.9. The van der Waals surface area contributed by atoms with E-state index in [-0.39, 0.29) is 0 Å². The molecule has 0 saturated carbocycles. The number of nitrogens with zero attached hydrogens (tertiary/aromatic N) is 4. The van der Waals surface area contributed by atoms with E-state index in [1.54, 1.807) is 12.1 Å². The largest absolute Gasteiger partial charge is 0.340 e. The summed E-state index contributed by atoms with van der Waals surface area (Å²) in [7, 11) is 0. The lowest BCUT2D eigenvalue weighted by Gasteiger charge is -2.34. The van der Waals surface area contributed by atoms with Crippen molar-refractivity contribution < 1.29 is 0 Å². The van der Waals surface area contributed by atoms with Crippen LogP contribution in [0.25, 0.3) is 0 Å². The van der Waals surface area contributed by atoms with Crippen molar-refractivity contribution in [2.24, 2.45) is 0 Å². The first-order valence-electron chi connectivity index (χ1n) is 8.10. The molecular weight excluding hydrogens is 345 g/mol. The summed E-state index contributed by atoms with van der Waals surface area (Å²) >= 11 is 12.0. The van der Waals surface area contributed by atoms with Gasteiger partial charge >= 0.3 is 0 Å². The van der Waals surface area contributed by atoms with E-state index in [0.29, 0.717) is 10.0 Å². The standard InChI is InChI=1S/C17H21Cl2N5/c1-3-23-6-8-24(9-7-23)17-20-12(2)10-16(22-17)21-13-4-5-14(18)15(19)11-13/h4-5,10-11H,3,6-9H2,1-2H3,(H,20,21,22). The smallest absolute Gasteiger partial charge is 0.227 e. The fourth-order valence-corrected chi connectivity index (χ4v) is 3.04. The molecule has 0 unspecified atom stereocenters. The lowest BCUT2D eigenvalue weighted by atomic mass is 10.3. The molecule has 1 aromatic carbocycles. The molecule has 1 aliphatic rings. The summed E-state index contributed by atoms with van der Waals surface area (Å²) in [6.07, 6.45) is 0. The quantitative estimate of drug-likeness (QED) is 0.887. The number of benzene rings is 1. The van der Waals surface area contributed by atoms with Gasteiger partial charge in [-0.3, -0.25) is 0 Å². The van der Waals surface area contributed by atoms with Crippen LogP contribution in [0.5, 0.6) is 0 Å². The number of hydrogen-bond acceptors (Lipinski definition) is 5. The number of hydrogen-bond donors (Lipinski definition) is 1. The van der Waals surface area contributed by atoms with Crippen molar-refractivity contribution in [2.75, 3.05) is 42.9 Å². The lowest BCUT2D eigenvalue weighted by molar-refractivity contribution is 0.270. The highest BCUT2D eigenvalue weighted by Gasteiger charge is 2.18. The van der Waals surface area contributed by atoms with E-state index < -0.39 is 0 Å². The van der Waals surface area contributed by atoms with Crippen LogP contribution in [-0.4, -0.2) is 47.6 Å². The minimum absolute atomic E-state index is 0.517. The van der Waals surface area contributed by atoms with E-state index in [2.05, 4.69) is 32.0 Å². The Morgan fingerprint density at radius 3 is 2.46 bits per heavy atom. The third-order valence-corrected chi connectivity index (χ3v) is 4.88. The van der Waals surface area contributed by atoms with Crippen molar-refractivity contribution in [1.82, 2.24) is 14.9 Å². The highest BCUT2D eigenvalue weighted by Crippen LogP contribution is 2.27. The Morgan fingerprint density at radius 2 is 1.79 bits per heavy atom. The molecule has 24 heavy (non-hydrogen) atoms. The molecule has 1 N–H and O–H groups in total. The van der Waals surface area contributed by atoms with E-state index in [0.717, 1.165) is 55.9 Å². The minimum Gasteiger partial charge on any atom is -0.340 e. The monoisotopic (exact) mass is 365 g/mol. The van der Waals surface area contributed by atoms with Crippen molar-refractivity contribution in [3.63, 3.8) is 0 Å². The number of anilines is 3. The molecule has 128 valence electrons. The normalized spacial score (nSPS) is 15.6. The Hall–Kier alpha value is -1.56. The number of rotatable bonds is 4. The third-order valence-electron chi connectivity index (χ3n) is 4.14. The molecule has 7 heteroatoms. The van der Waals surface area contributed by atoms with E-state index in [1.807, 2.05) is 19.1 Å². The molecule has 0 spiro atoms. The van der Waals surface area contributed by atoms with Gasteiger partial charge in [0, 0.05) is 43.6 Å². The minimum atomic E-state index is 0.517. The predicted molar refractivity (Wildman–Crippen MR) is 101 cm³/mol. The first-order chi connectivity index (χ1) is 11.5. The Labute approximate surface area is 152 Å². The molecule has 1 fully saturated rings. The topological polar surface area (TPSA) is 44.3 Å². The van der Waals surface area contributed by atoms with Gasteiger partial charge < -0.3 is 15.1 Å². The zero-order chi connectivity index (χ0) is 17.1. The lowest BCUT2D eigenvalue weighted by Crippen LogP contribution is -2.46. The molecule has 0 amide bonds. The molecule has 2 aromatic rings. The molecule has 5 nitrogen and oxygen atoms in total.